The summed E-state index contributed by atoms with van der Waals surface area (Å²) in [5.41, 5.74) is 1.06. The van der Waals surface area contributed by atoms with Gasteiger partial charge in [-0.2, -0.15) is 0 Å². The molecule has 1 aromatic heterocycles. The molecule has 0 bridgehead atoms. The van der Waals surface area contributed by atoms with Gasteiger partial charge in [0.25, 0.3) is 5.91 Å². The highest BCUT2D eigenvalue weighted by atomic mass is 35.5. The molecule has 4 unspecified atom stereocenters. The van der Waals surface area contributed by atoms with Crippen LogP contribution in [0.5, 0.6) is 0 Å². The fraction of sp³-hybridized carbons (Fsp3) is 0.565. The predicted octanol–water partition coefficient (Wildman–Crippen LogP) is 4.35. The third kappa shape index (κ3) is 4.40. The average molecular weight is 434 g/mol. The van der Waals surface area contributed by atoms with Crippen molar-refractivity contribution < 1.29 is 14.3 Å². The Morgan fingerprint density at radius 1 is 1.30 bits per heavy atom. The van der Waals surface area contributed by atoms with Crippen LogP contribution in [0.15, 0.2) is 24.3 Å². The first kappa shape index (κ1) is 21.3. The Labute approximate surface area is 181 Å². The minimum atomic E-state index is -0.978. The normalized spacial score (nSPS) is 26.9. The van der Waals surface area contributed by atoms with Gasteiger partial charge in [-0.3, -0.25) is 4.79 Å². The number of hydrogen-bond donors (Lipinski definition) is 2. The average Bonchev–Trinajstić information content (AvgIpc) is 3.12. The van der Waals surface area contributed by atoms with Gasteiger partial charge in [0.15, 0.2) is 0 Å². The number of aliphatic hydroxyl groups is 1. The third-order valence-electron chi connectivity index (χ3n) is 6.50. The Morgan fingerprint density at radius 2 is 2.13 bits per heavy atom. The summed E-state index contributed by atoms with van der Waals surface area (Å²) in [5.74, 6) is 1.64. The van der Waals surface area contributed by atoms with Crippen LogP contribution in [0.3, 0.4) is 0 Å². The number of carbonyl (C=O) groups excluding carboxylic acids is 1. The highest BCUT2D eigenvalue weighted by molar-refractivity contribution is 6.35. The Kier molecular flexibility index (Phi) is 6.44. The third-order valence-corrected chi connectivity index (χ3v) is 6.81. The van der Waals surface area contributed by atoms with Gasteiger partial charge in [-0.05, 0) is 48.9 Å². The zero-order chi connectivity index (χ0) is 21.3. The summed E-state index contributed by atoms with van der Waals surface area (Å²) >= 11 is 6.39. The van der Waals surface area contributed by atoms with Crippen LogP contribution >= 0.6 is 11.6 Å². The molecule has 7 heteroatoms. The van der Waals surface area contributed by atoms with Crippen LogP contribution in [0, 0.1) is 11.8 Å². The number of anilines is 1. The van der Waals surface area contributed by atoms with Gasteiger partial charge in [0, 0.05) is 18.4 Å². The topological polar surface area (TPSA) is 65.5 Å². The molecule has 2 heterocycles. The van der Waals surface area contributed by atoms with Gasteiger partial charge in [-0.25, -0.2) is 9.37 Å². The molecule has 1 saturated carbocycles. The van der Waals surface area contributed by atoms with Crippen LogP contribution in [0.25, 0.3) is 10.9 Å². The molecular weight excluding hydrogens is 405 g/mol. The second kappa shape index (κ2) is 9.06. The highest BCUT2D eigenvalue weighted by Gasteiger charge is 2.32. The van der Waals surface area contributed by atoms with Crippen LogP contribution in [0.4, 0.5) is 10.2 Å². The first-order valence-electron chi connectivity index (χ1n) is 10.8. The van der Waals surface area contributed by atoms with Gasteiger partial charge < -0.3 is 15.3 Å². The van der Waals surface area contributed by atoms with E-state index < -0.39 is 6.17 Å². The molecule has 1 amide bonds. The molecule has 1 aliphatic carbocycles. The molecule has 1 saturated heterocycles. The number of fused-ring (bicyclic) bond motifs is 1. The molecule has 5 nitrogen and oxygen atoms in total. The Balaban J connectivity index is 1.56. The number of halogens is 2. The summed E-state index contributed by atoms with van der Waals surface area (Å²) in [7, 11) is 0. The smallest absolute Gasteiger partial charge is 0.253 e. The van der Waals surface area contributed by atoms with E-state index in [1.807, 2.05) is 6.07 Å². The number of aliphatic hydroxyl groups excluding tert-OH is 1. The van der Waals surface area contributed by atoms with Crippen LogP contribution in [0.1, 0.15) is 49.4 Å². The summed E-state index contributed by atoms with van der Waals surface area (Å²) in [5, 5.41) is 13.7. The zero-order valence-corrected chi connectivity index (χ0v) is 18.0. The molecule has 4 rings (SSSR count). The first-order chi connectivity index (χ1) is 14.5. The van der Waals surface area contributed by atoms with Crippen LogP contribution in [0.2, 0.25) is 5.02 Å². The monoisotopic (exact) mass is 433 g/mol. The molecule has 2 aromatic rings. The van der Waals surface area contributed by atoms with E-state index in [4.69, 9.17) is 11.6 Å². The highest BCUT2D eigenvalue weighted by Crippen LogP contribution is 2.31. The van der Waals surface area contributed by atoms with E-state index in [9.17, 15) is 14.3 Å². The summed E-state index contributed by atoms with van der Waals surface area (Å²) in [4.78, 5) is 19.4. The van der Waals surface area contributed by atoms with Crippen molar-refractivity contribution >= 4 is 34.2 Å². The number of nitrogens with one attached hydrogen (secondary N) is 1. The standard InChI is InChI=1S/C23H29ClFN3O2/c1-14-3-2-4-15(9-14)11-26-23(30)22-18-5-8-21(27-20(18)7-6-19(22)24)28-12-16(25)10-17(28)13-29/h5-8,14-17,29H,2-4,9-13H2,1H3,(H,26,30). The molecule has 2 fully saturated rings. The van der Waals surface area contributed by atoms with E-state index >= 15 is 0 Å². The van der Waals surface area contributed by atoms with Crippen molar-refractivity contribution in [2.75, 3.05) is 24.6 Å². The van der Waals surface area contributed by atoms with E-state index in [1.54, 1.807) is 23.1 Å². The number of hydrogen-bond acceptors (Lipinski definition) is 4. The van der Waals surface area contributed by atoms with Crippen molar-refractivity contribution in [3.63, 3.8) is 0 Å². The van der Waals surface area contributed by atoms with E-state index in [1.165, 1.54) is 12.8 Å². The molecule has 30 heavy (non-hydrogen) atoms. The van der Waals surface area contributed by atoms with E-state index in [0.29, 0.717) is 52.1 Å². The second-order valence-electron chi connectivity index (χ2n) is 8.83. The number of aromatic nitrogens is 1. The van der Waals surface area contributed by atoms with Crippen LogP contribution < -0.4 is 10.2 Å². The van der Waals surface area contributed by atoms with Crippen LogP contribution in [-0.4, -0.2) is 47.9 Å². The maximum Gasteiger partial charge on any atom is 0.253 e. The summed E-state index contributed by atoms with van der Waals surface area (Å²) in [6.45, 7) is 3.02. The largest absolute Gasteiger partial charge is 0.394 e. The van der Waals surface area contributed by atoms with E-state index in [0.717, 1.165) is 12.8 Å². The number of alkyl halides is 1. The number of nitrogens with zero attached hydrogens (tertiary/aromatic N) is 2. The van der Waals surface area contributed by atoms with Gasteiger partial charge >= 0.3 is 0 Å². The first-order valence-corrected chi connectivity index (χ1v) is 11.2. The lowest BCUT2D eigenvalue weighted by molar-refractivity contribution is 0.0942. The molecule has 2 aliphatic rings. The van der Waals surface area contributed by atoms with Crippen molar-refractivity contribution in [2.24, 2.45) is 11.8 Å². The number of carbonyl (C=O) groups is 1. The van der Waals surface area contributed by atoms with Gasteiger partial charge in [-0.1, -0.05) is 31.4 Å². The lowest BCUT2D eigenvalue weighted by Crippen LogP contribution is -2.33. The summed E-state index contributed by atoms with van der Waals surface area (Å²) in [6, 6.07) is 6.78. The van der Waals surface area contributed by atoms with Gasteiger partial charge in [0.05, 0.1) is 35.3 Å². The Bertz CT molecular complexity index is 925. The van der Waals surface area contributed by atoms with Crippen LogP contribution in [-0.2, 0) is 0 Å². The fourth-order valence-corrected chi connectivity index (χ4v) is 5.19. The van der Waals surface area contributed by atoms with Crippen molar-refractivity contribution in [3.05, 3.63) is 34.9 Å². The van der Waals surface area contributed by atoms with Crippen molar-refractivity contribution in [1.29, 1.82) is 0 Å². The predicted molar refractivity (Wildman–Crippen MR) is 118 cm³/mol. The van der Waals surface area contributed by atoms with Gasteiger partial charge in [0.2, 0.25) is 0 Å². The number of amides is 1. The summed E-state index contributed by atoms with van der Waals surface area (Å²) in [6.07, 6.45) is 4.10. The molecular formula is C23H29ClFN3O2. The molecule has 1 aliphatic heterocycles. The maximum atomic E-state index is 13.8. The minimum Gasteiger partial charge on any atom is -0.394 e. The molecule has 0 spiro atoms. The fourth-order valence-electron chi connectivity index (χ4n) is 4.94. The minimum absolute atomic E-state index is 0.117. The molecule has 4 atom stereocenters. The zero-order valence-electron chi connectivity index (χ0n) is 17.3. The van der Waals surface area contributed by atoms with Crippen molar-refractivity contribution in [2.45, 2.75) is 51.2 Å². The Morgan fingerprint density at radius 3 is 2.90 bits per heavy atom. The second-order valence-corrected chi connectivity index (χ2v) is 9.24. The van der Waals surface area contributed by atoms with E-state index in [2.05, 4.69) is 17.2 Å². The SMILES string of the molecule is CC1CCCC(CNC(=O)c2c(Cl)ccc3nc(N4CC(F)CC4CO)ccc23)C1. The molecule has 162 valence electrons. The lowest BCUT2D eigenvalue weighted by Gasteiger charge is -2.27. The molecule has 2 N–H and O–H groups in total. The quantitative estimate of drug-likeness (QED) is 0.735. The maximum absolute atomic E-state index is 13.8. The van der Waals surface area contributed by atoms with Crippen molar-refractivity contribution in [1.82, 2.24) is 10.3 Å². The molecule has 1 aromatic carbocycles. The number of benzene rings is 1. The van der Waals surface area contributed by atoms with Gasteiger partial charge in [-0.15, -0.1) is 0 Å². The number of pyridine rings is 1. The molecule has 0 radical (unpaired) electrons. The van der Waals surface area contributed by atoms with Crippen molar-refractivity contribution in [3.8, 4) is 0 Å². The Hall–Kier alpha value is -1.92. The lowest BCUT2D eigenvalue weighted by atomic mass is 9.82. The number of rotatable bonds is 5. The summed E-state index contributed by atoms with van der Waals surface area (Å²) < 4.78 is 13.8. The van der Waals surface area contributed by atoms with E-state index in [-0.39, 0.29) is 25.1 Å². The van der Waals surface area contributed by atoms with Gasteiger partial charge in [0.1, 0.15) is 12.0 Å².